The first-order valence-corrected chi connectivity index (χ1v) is 10.1. The van der Waals surface area contributed by atoms with E-state index in [1.54, 1.807) is 30.3 Å². The topological polar surface area (TPSA) is 87.7 Å². The van der Waals surface area contributed by atoms with E-state index in [2.05, 4.69) is 10.6 Å². The van der Waals surface area contributed by atoms with E-state index in [9.17, 15) is 14.7 Å². The number of rotatable bonds is 8. The van der Waals surface area contributed by atoms with Gasteiger partial charge in [-0.25, -0.2) is 4.79 Å². The van der Waals surface area contributed by atoms with Crippen molar-refractivity contribution in [1.82, 2.24) is 10.6 Å². The Morgan fingerprint density at radius 3 is 2.45 bits per heavy atom. The van der Waals surface area contributed by atoms with Crippen molar-refractivity contribution in [2.45, 2.75) is 31.3 Å². The quantitative estimate of drug-likeness (QED) is 0.588. The second-order valence-electron chi connectivity index (χ2n) is 6.91. The molecule has 1 saturated heterocycles. The summed E-state index contributed by atoms with van der Waals surface area (Å²) in [6.07, 6.45) is 2.38. The second kappa shape index (κ2) is 9.96. The Morgan fingerprint density at radius 2 is 1.86 bits per heavy atom. The van der Waals surface area contributed by atoms with Crippen molar-refractivity contribution in [3.8, 4) is 5.75 Å². The SMILES string of the molecule is O=C(N[C@@H](Cc1ccc(OC[C@@H]2CCCN2)cc1)C(=O)O)c1c(Cl)cccc1Cl. The maximum atomic E-state index is 12.5. The minimum atomic E-state index is -1.14. The highest BCUT2D eigenvalue weighted by molar-refractivity contribution is 6.39. The number of halogens is 2. The lowest BCUT2D eigenvalue weighted by molar-refractivity contribution is -0.139. The van der Waals surface area contributed by atoms with Gasteiger partial charge in [-0.1, -0.05) is 41.4 Å². The van der Waals surface area contributed by atoms with Crippen LogP contribution < -0.4 is 15.4 Å². The molecule has 6 nitrogen and oxygen atoms in total. The smallest absolute Gasteiger partial charge is 0.326 e. The highest BCUT2D eigenvalue weighted by Crippen LogP contribution is 2.24. The molecule has 0 aromatic heterocycles. The van der Waals surface area contributed by atoms with Gasteiger partial charge in [0.05, 0.1) is 15.6 Å². The number of carboxylic acids is 1. The Morgan fingerprint density at radius 1 is 1.17 bits per heavy atom. The van der Waals surface area contributed by atoms with Crippen LogP contribution in [0.1, 0.15) is 28.8 Å². The lowest BCUT2D eigenvalue weighted by atomic mass is 10.1. The summed E-state index contributed by atoms with van der Waals surface area (Å²) in [6, 6.07) is 11.1. The third-order valence-corrected chi connectivity index (χ3v) is 5.40. The molecule has 8 heteroatoms. The van der Waals surface area contributed by atoms with Gasteiger partial charge in [0, 0.05) is 12.5 Å². The van der Waals surface area contributed by atoms with Crippen molar-refractivity contribution in [3.63, 3.8) is 0 Å². The van der Waals surface area contributed by atoms with E-state index in [0.717, 1.165) is 30.7 Å². The molecule has 1 aliphatic rings. The standard InChI is InChI=1S/C21H22Cl2N2O4/c22-16-4-1-5-17(23)19(16)20(26)25-18(21(27)28)11-13-6-8-15(9-7-13)29-12-14-3-2-10-24-14/h1,4-9,14,18,24H,2-3,10-12H2,(H,25,26)(H,27,28)/t14-,18-/m0/s1. The molecular formula is C21H22Cl2N2O4. The largest absolute Gasteiger partial charge is 0.492 e. The van der Waals surface area contributed by atoms with Gasteiger partial charge in [0.1, 0.15) is 18.4 Å². The van der Waals surface area contributed by atoms with Crippen LogP contribution in [0.2, 0.25) is 10.0 Å². The number of carbonyl (C=O) groups is 2. The summed E-state index contributed by atoms with van der Waals surface area (Å²) in [6.45, 7) is 1.63. The molecule has 0 saturated carbocycles. The van der Waals surface area contributed by atoms with E-state index in [4.69, 9.17) is 27.9 Å². The van der Waals surface area contributed by atoms with E-state index in [1.165, 1.54) is 12.1 Å². The molecule has 3 N–H and O–H groups in total. The summed E-state index contributed by atoms with van der Waals surface area (Å²) in [5.41, 5.74) is 0.820. The minimum absolute atomic E-state index is 0.0614. The number of nitrogens with one attached hydrogen (secondary N) is 2. The predicted molar refractivity (Wildman–Crippen MR) is 112 cm³/mol. The Hall–Kier alpha value is -2.28. The summed E-state index contributed by atoms with van der Waals surface area (Å²) in [5.74, 6) is -1.05. The van der Waals surface area contributed by atoms with E-state index < -0.39 is 17.9 Å². The van der Waals surface area contributed by atoms with Crippen LogP contribution in [0.5, 0.6) is 5.75 Å². The third-order valence-electron chi connectivity index (χ3n) is 4.77. The molecule has 0 aliphatic carbocycles. The van der Waals surface area contributed by atoms with Gasteiger partial charge >= 0.3 is 5.97 Å². The van der Waals surface area contributed by atoms with Gasteiger partial charge in [0.15, 0.2) is 0 Å². The number of benzene rings is 2. The molecular weight excluding hydrogens is 415 g/mol. The van der Waals surface area contributed by atoms with Crippen LogP contribution in [-0.2, 0) is 11.2 Å². The molecule has 0 bridgehead atoms. The van der Waals surface area contributed by atoms with Gasteiger partial charge in [-0.05, 0) is 49.2 Å². The van der Waals surface area contributed by atoms with Gasteiger partial charge in [0.2, 0.25) is 0 Å². The van der Waals surface area contributed by atoms with Crippen LogP contribution in [0.3, 0.4) is 0 Å². The minimum Gasteiger partial charge on any atom is -0.492 e. The van der Waals surface area contributed by atoms with Gasteiger partial charge < -0.3 is 20.5 Å². The summed E-state index contributed by atoms with van der Waals surface area (Å²) >= 11 is 12.1. The van der Waals surface area contributed by atoms with Crippen molar-refractivity contribution in [3.05, 3.63) is 63.6 Å². The summed E-state index contributed by atoms with van der Waals surface area (Å²) < 4.78 is 5.77. The van der Waals surface area contributed by atoms with Gasteiger partial charge in [0.25, 0.3) is 5.91 Å². The molecule has 3 rings (SSSR count). The average molecular weight is 437 g/mol. The van der Waals surface area contributed by atoms with E-state index >= 15 is 0 Å². The summed E-state index contributed by atoms with van der Waals surface area (Å²) in [5, 5.41) is 15.7. The van der Waals surface area contributed by atoms with Crippen LogP contribution in [-0.4, -0.2) is 42.2 Å². The van der Waals surface area contributed by atoms with Crippen molar-refractivity contribution in [1.29, 1.82) is 0 Å². The number of ether oxygens (including phenoxy) is 1. The molecule has 2 aromatic rings. The Labute approximate surface area is 179 Å². The zero-order valence-electron chi connectivity index (χ0n) is 15.7. The lowest BCUT2D eigenvalue weighted by Gasteiger charge is -2.16. The highest BCUT2D eigenvalue weighted by Gasteiger charge is 2.24. The summed E-state index contributed by atoms with van der Waals surface area (Å²) in [4.78, 5) is 24.1. The number of hydrogen-bond donors (Lipinski definition) is 3. The van der Waals surface area contributed by atoms with Crippen molar-refractivity contribution < 1.29 is 19.4 Å². The number of carboxylic acid groups (broad SMARTS) is 1. The van der Waals surface area contributed by atoms with Crippen molar-refractivity contribution >= 4 is 35.1 Å². The molecule has 29 heavy (non-hydrogen) atoms. The predicted octanol–water partition coefficient (Wildman–Crippen LogP) is 3.55. The van der Waals surface area contributed by atoms with Crippen LogP contribution in [0.15, 0.2) is 42.5 Å². The van der Waals surface area contributed by atoms with Crippen molar-refractivity contribution in [2.24, 2.45) is 0 Å². The third kappa shape index (κ3) is 5.85. The summed E-state index contributed by atoms with van der Waals surface area (Å²) in [7, 11) is 0. The van der Waals surface area contributed by atoms with Gasteiger partial charge in [-0.15, -0.1) is 0 Å². The fourth-order valence-electron chi connectivity index (χ4n) is 3.20. The maximum absolute atomic E-state index is 12.5. The Balaban J connectivity index is 1.61. The average Bonchev–Trinajstić information content (AvgIpc) is 3.20. The molecule has 1 amide bonds. The van der Waals surface area contributed by atoms with Crippen LogP contribution in [0, 0.1) is 0 Å². The van der Waals surface area contributed by atoms with Gasteiger partial charge in [-0.3, -0.25) is 4.79 Å². The number of amides is 1. The molecule has 154 valence electrons. The molecule has 0 spiro atoms. The number of aliphatic carboxylic acids is 1. The second-order valence-corrected chi connectivity index (χ2v) is 7.73. The molecule has 2 aromatic carbocycles. The zero-order valence-corrected chi connectivity index (χ0v) is 17.2. The van der Waals surface area contributed by atoms with E-state index in [1.807, 2.05) is 0 Å². The van der Waals surface area contributed by atoms with E-state index in [-0.39, 0.29) is 22.0 Å². The fraction of sp³-hybridized carbons (Fsp3) is 0.333. The van der Waals surface area contributed by atoms with Crippen LogP contribution in [0.25, 0.3) is 0 Å². The number of carbonyl (C=O) groups excluding carboxylic acids is 1. The monoisotopic (exact) mass is 436 g/mol. The van der Waals surface area contributed by atoms with Gasteiger partial charge in [-0.2, -0.15) is 0 Å². The zero-order chi connectivity index (χ0) is 20.8. The Kier molecular flexibility index (Phi) is 7.36. The molecule has 2 atom stereocenters. The first-order valence-electron chi connectivity index (χ1n) is 9.37. The van der Waals surface area contributed by atoms with Crippen LogP contribution in [0.4, 0.5) is 0 Å². The highest BCUT2D eigenvalue weighted by atomic mass is 35.5. The molecule has 1 aliphatic heterocycles. The first kappa shape index (κ1) is 21.4. The van der Waals surface area contributed by atoms with E-state index in [0.29, 0.717) is 12.6 Å². The molecule has 0 radical (unpaired) electrons. The fourth-order valence-corrected chi connectivity index (χ4v) is 3.77. The lowest BCUT2D eigenvalue weighted by Crippen LogP contribution is -2.42. The molecule has 1 heterocycles. The molecule has 0 unspecified atom stereocenters. The van der Waals surface area contributed by atoms with Crippen LogP contribution >= 0.6 is 23.2 Å². The Bertz CT molecular complexity index is 847. The normalized spacial score (nSPS) is 17.0. The maximum Gasteiger partial charge on any atom is 0.326 e. The molecule has 1 fully saturated rings. The number of hydrogen-bond acceptors (Lipinski definition) is 4. The van der Waals surface area contributed by atoms with Crippen molar-refractivity contribution in [2.75, 3.05) is 13.2 Å². The first-order chi connectivity index (χ1) is 13.9.